The van der Waals surface area contributed by atoms with Gasteiger partial charge in [0.2, 0.25) is 0 Å². The summed E-state index contributed by atoms with van der Waals surface area (Å²) in [7, 11) is 3.16. The first-order chi connectivity index (χ1) is 16.4. The summed E-state index contributed by atoms with van der Waals surface area (Å²) in [5.41, 5.74) is 2.28. The van der Waals surface area contributed by atoms with Crippen LogP contribution in [-0.2, 0) is 13.0 Å². The molecule has 0 aliphatic heterocycles. The van der Waals surface area contributed by atoms with E-state index >= 15 is 0 Å². The smallest absolute Gasteiger partial charge is 0.269 e. The van der Waals surface area contributed by atoms with Gasteiger partial charge < -0.3 is 19.1 Å². The topological polar surface area (TPSA) is 91.1 Å². The van der Waals surface area contributed by atoms with E-state index in [1.807, 2.05) is 49.4 Å². The number of nitro benzene ring substituents is 1. The van der Waals surface area contributed by atoms with Crippen molar-refractivity contribution in [3.63, 3.8) is 0 Å². The number of benzene rings is 3. The number of carbonyl (C=O) groups is 1. The number of methoxy groups -OCH3 is 2. The van der Waals surface area contributed by atoms with Crippen LogP contribution < -0.4 is 14.2 Å². The van der Waals surface area contributed by atoms with Gasteiger partial charge in [0, 0.05) is 30.8 Å². The summed E-state index contributed by atoms with van der Waals surface area (Å²) in [6.45, 7) is 3.33. The molecule has 0 atom stereocenters. The summed E-state index contributed by atoms with van der Waals surface area (Å²) in [6.07, 6.45) is 0.593. The average Bonchev–Trinajstić information content (AvgIpc) is 2.87. The second kappa shape index (κ2) is 11.7. The molecule has 3 rings (SSSR count). The van der Waals surface area contributed by atoms with E-state index in [0.717, 1.165) is 16.9 Å². The molecule has 0 saturated carbocycles. The van der Waals surface area contributed by atoms with Crippen molar-refractivity contribution < 1.29 is 23.9 Å². The van der Waals surface area contributed by atoms with E-state index in [1.165, 1.54) is 24.3 Å². The molecule has 8 nitrogen and oxygen atoms in total. The van der Waals surface area contributed by atoms with Crippen LogP contribution in [0.4, 0.5) is 5.69 Å². The Morgan fingerprint density at radius 2 is 1.56 bits per heavy atom. The summed E-state index contributed by atoms with van der Waals surface area (Å²) in [6, 6.07) is 18.9. The zero-order valence-corrected chi connectivity index (χ0v) is 19.5. The lowest BCUT2D eigenvalue weighted by atomic mass is 10.1. The van der Waals surface area contributed by atoms with Crippen LogP contribution in [0.2, 0.25) is 0 Å². The van der Waals surface area contributed by atoms with E-state index in [2.05, 4.69) is 0 Å². The van der Waals surface area contributed by atoms with Crippen LogP contribution in [0.5, 0.6) is 17.2 Å². The number of amides is 1. The van der Waals surface area contributed by atoms with Crippen molar-refractivity contribution in [2.75, 3.05) is 27.4 Å². The predicted octanol–water partition coefficient (Wildman–Crippen LogP) is 4.90. The normalized spacial score (nSPS) is 10.4. The largest absolute Gasteiger partial charge is 0.494 e. The molecule has 3 aromatic carbocycles. The Balaban J connectivity index is 1.81. The van der Waals surface area contributed by atoms with E-state index < -0.39 is 4.92 Å². The van der Waals surface area contributed by atoms with Crippen molar-refractivity contribution >= 4 is 11.6 Å². The minimum Gasteiger partial charge on any atom is -0.494 e. The maximum Gasteiger partial charge on any atom is 0.269 e. The number of hydrogen-bond donors (Lipinski definition) is 0. The van der Waals surface area contributed by atoms with Gasteiger partial charge in [-0.25, -0.2) is 0 Å². The second-order valence-corrected chi connectivity index (χ2v) is 7.55. The Bertz CT molecular complexity index is 1110. The van der Waals surface area contributed by atoms with Crippen LogP contribution in [0.1, 0.15) is 28.4 Å². The summed E-state index contributed by atoms with van der Waals surface area (Å²) < 4.78 is 16.2. The SMILES string of the molecule is CCOc1ccc(CN(CCc2ccc(OC)c(OC)c2)C(=O)c2ccc([N+](=O)[O-])cc2)cc1. The van der Waals surface area contributed by atoms with E-state index in [1.54, 1.807) is 19.1 Å². The molecule has 0 heterocycles. The van der Waals surface area contributed by atoms with E-state index in [-0.39, 0.29) is 11.6 Å². The number of non-ortho nitro benzene ring substituents is 1. The third-order valence-corrected chi connectivity index (χ3v) is 5.34. The molecule has 0 aliphatic carbocycles. The molecule has 8 heteroatoms. The first-order valence-electron chi connectivity index (χ1n) is 10.9. The van der Waals surface area contributed by atoms with Crippen LogP contribution in [0, 0.1) is 10.1 Å². The Morgan fingerprint density at radius 1 is 0.912 bits per heavy atom. The van der Waals surface area contributed by atoms with Gasteiger partial charge in [-0.05, 0) is 60.9 Å². The fourth-order valence-corrected chi connectivity index (χ4v) is 3.54. The molecule has 3 aromatic rings. The van der Waals surface area contributed by atoms with Crippen molar-refractivity contribution in [1.29, 1.82) is 0 Å². The second-order valence-electron chi connectivity index (χ2n) is 7.55. The molecule has 0 aromatic heterocycles. The molecule has 0 unspecified atom stereocenters. The van der Waals surface area contributed by atoms with Crippen LogP contribution in [-0.4, -0.2) is 43.1 Å². The molecule has 1 amide bonds. The number of ether oxygens (including phenoxy) is 3. The number of carbonyl (C=O) groups excluding carboxylic acids is 1. The van der Waals surface area contributed by atoms with E-state index in [4.69, 9.17) is 14.2 Å². The lowest BCUT2D eigenvalue weighted by molar-refractivity contribution is -0.384. The molecule has 0 fully saturated rings. The maximum atomic E-state index is 13.3. The van der Waals surface area contributed by atoms with E-state index in [0.29, 0.717) is 43.2 Å². The van der Waals surface area contributed by atoms with E-state index in [9.17, 15) is 14.9 Å². The quantitative estimate of drug-likeness (QED) is 0.296. The summed E-state index contributed by atoms with van der Waals surface area (Å²) in [5, 5.41) is 11.0. The number of nitrogens with zero attached hydrogens (tertiary/aromatic N) is 2. The predicted molar refractivity (Wildman–Crippen MR) is 129 cm³/mol. The Morgan fingerprint density at radius 3 is 2.15 bits per heavy atom. The molecule has 0 spiro atoms. The minimum atomic E-state index is -0.483. The summed E-state index contributed by atoms with van der Waals surface area (Å²) in [4.78, 5) is 25.5. The van der Waals surface area contributed by atoms with Crippen molar-refractivity contribution in [2.24, 2.45) is 0 Å². The average molecular weight is 465 g/mol. The molecule has 0 aliphatic rings. The molecule has 0 radical (unpaired) electrons. The van der Waals surface area contributed by atoms with Gasteiger partial charge in [0.25, 0.3) is 11.6 Å². The Kier molecular flexibility index (Phi) is 8.45. The number of rotatable bonds is 11. The molecule has 34 heavy (non-hydrogen) atoms. The fraction of sp³-hybridized carbons (Fsp3) is 0.269. The van der Waals surface area contributed by atoms with Gasteiger partial charge in [-0.15, -0.1) is 0 Å². The molecular formula is C26H28N2O6. The molecule has 178 valence electrons. The zero-order valence-electron chi connectivity index (χ0n) is 19.5. The van der Waals surface area contributed by atoms with Crippen molar-refractivity contribution in [2.45, 2.75) is 19.9 Å². The maximum absolute atomic E-state index is 13.3. The lowest BCUT2D eigenvalue weighted by Crippen LogP contribution is -2.32. The molecule has 0 saturated heterocycles. The van der Waals surface area contributed by atoms with Crippen molar-refractivity contribution in [3.8, 4) is 17.2 Å². The molecular weight excluding hydrogens is 436 g/mol. The zero-order chi connectivity index (χ0) is 24.5. The third-order valence-electron chi connectivity index (χ3n) is 5.34. The Labute approximate surface area is 198 Å². The highest BCUT2D eigenvalue weighted by Crippen LogP contribution is 2.28. The monoisotopic (exact) mass is 464 g/mol. The van der Waals surface area contributed by atoms with Gasteiger partial charge >= 0.3 is 0 Å². The van der Waals surface area contributed by atoms with Crippen LogP contribution >= 0.6 is 0 Å². The minimum absolute atomic E-state index is 0.0556. The van der Waals surface area contributed by atoms with Crippen LogP contribution in [0.15, 0.2) is 66.7 Å². The molecule has 0 bridgehead atoms. The first-order valence-corrected chi connectivity index (χ1v) is 10.9. The van der Waals surface area contributed by atoms with Gasteiger partial charge in [0.15, 0.2) is 11.5 Å². The first kappa shape index (κ1) is 24.6. The highest BCUT2D eigenvalue weighted by atomic mass is 16.6. The summed E-state index contributed by atoms with van der Waals surface area (Å²) >= 11 is 0. The Hall–Kier alpha value is -4.07. The summed E-state index contributed by atoms with van der Waals surface area (Å²) in [5.74, 6) is 1.83. The number of nitro groups is 1. The van der Waals surface area contributed by atoms with Gasteiger partial charge in [-0.2, -0.15) is 0 Å². The van der Waals surface area contributed by atoms with Crippen LogP contribution in [0.25, 0.3) is 0 Å². The lowest BCUT2D eigenvalue weighted by Gasteiger charge is -2.23. The van der Waals surface area contributed by atoms with Gasteiger partial charge in [-0.1, -0.05) is 18.2 Å². The molecule has 0 N–H and O–H groups in total. The third kappa shape index (κ3) is 6.25. The highest BCUT2D eigenvalue weighted by Gasteiger charge is 2.18. The van der Waals surface area contributed by atoms with Crippen LogP contribution in [0.3, 0.4) is 0 Å². The van der Waals surface area contributed by atoms with Crippen molar-refractivity contribution in [1.82, 2.24) is 4.90 Å². The van der Waals surface area contributed by atoms with Gasteiger partial charge in [0.05, 0.1) is 25.7 Å². The number of hydrogen-bond acceptors (Lipinski definition) is 6. The fourth-order valence-electron chi connectivity index (χ4n) is 3.54. The standard InChI is InChI=1S/C26H28N2O6/c1-4-34-23-12-5-20(6-13-23)18-27(26(29)21-8-10-22(11-9-21)28(30)31)16-15-19-7-14-24(32-2)25(17-19)33-3/h5-14,17H,4,15-16,18H2,1-3H3. The van der Waals surface area contributed by atoms with Crippen molar-refractivity contribution in [3.05, 3.63) is 93.5 Å². The van der Waals surface area contributed by atoms with Gasteiger partial charge in [-0.3, -0.25) is 14.9 Å². The highest BCUT2D eigenvalue weighted by molar-refractivity contribution is 5.94. The van der Waals surface area contributed by atoms with Gasteiger partial charge in [0.1, 0.15) is 5.75 Å².